The molecule has 2 amide bonds. The lowest BCUT2D eigenvalue weighted by molar-refractivity contribution is -0.142. The van der Waals surface area contributed by atoms with Crippen molar-refractivity contribution in [2.45, 2.75) is 62.1 Å². The van der Waals surface area contributed by atoms with E-state index >= 15 is 0 Å². The largest absolute Gasteiger partial charge is 0.480 e. The normalized spacial score (nSPS) is 19.4. The van der Waals surface area contributed by atoms with Crippen molar-refractivity contribution < 1.29 is 37.8 Å². The Morgan fingerprint density at radius 2 is 1.64 bits per heavy atom. The average molecular weight is 560 g/mol. The highest BCUT2D eigenvalue weighted by Crippen LogP contribution is 2.27. The lowest BCUT2D eigenvalue weighted by atomic mass is 10.1. The summed E-state index contributed by atoms with van der Waals surface area (Å²) in [5.41, 5.74) is 1.49. The molecule has 3 N–H and O–H groups in total. The van der Waals surface area contributed by atoms with Crippen molar-refractivity contribution in [1.82, 2.24) is 14.5 Å². The first kappa shape index (κ1) is 28.5. The molecule has 2 aromatic rings. The molecule has 210 valence electrons. The van der Waals surface area contributed by atoms with Crippen LogP contribution >= 0.6 is 0 Å². The SMILES string of the molecule is Cc1ccc(S(=O)(=O)N2CCC[C@H]2C(=O)N[C@@H](Cc2ccc(OC(=O)N3CCC(O)CC3)cc2)C(=O)O)cc1. The maximum Gasteiger partial charge on any atom is 0.415 e. The lowest BCUT2D eigenvalue weighted by Crippen LogP contribution is -2.51. The number of nitrogens with one attached hydrogen (secondary N) is 1. The number of aryl methyl sites for hydroxylation is 1. The minimum atomic E-state index is -3.92. The van der Waals surface area contributed by atoms with Crippen LogP contribution in [0.4, 0.5) is 4.79 Å². The molecule has 2 aromatic carbocycles. The number of aliphatic carboxylic acids is 1. The number of rotatable bonds is 8. The lowest BCUT2D eigenvalue weighted by Gasteiger charge is -2.28. The molecular formula is C27H33N3O8S. The van der Waals surface area contributed by atoms with Crippen molar-refractivity contribution in [2.75, 3.05) is 19.6 Å². The summed E-state index contributed by atoms with van der Waals surface area (Å²) in [6.45, 7) is 2.83. The number of carboxylic acid groups (broad SMARTS) is 1. The number of hydrogen-bond donors (Lipinski definition) is 3. The van der Waals surface area contributed by atoms with Gasteiger partial charge in [-0.3, -0.25) is 4.79 Å². The van der Waals surface area contributed by atoms with E-state index in [1.165, 1.54) is 17.0 Å². The number of likely N-dealkylation sites (tertiary alicyclic amines) is 1. The topological polar surface area (TPSA) is 154 Å². The second-order valence-corrected chi connectivity index (χ2v) is 11.8. The Hall–Kier alpha value is -3.48. The molecule has 2 aliphatic heterocycles. The third kappa shape index (κ3) is 6.94. The van der Waals surface area contributed by atoms with Crippen LogP contribution in [0.15, 0.2) is 53.4 Å². The second-order valence-electron chi connectivity index (χ2n) is 9.92. The van der Waals surface area contributed by atoms with E-state index < -0.39 is 46.2 Å². The fourth-order valence-electron chi connectivity index (χ4n) is 4.75. The van der Waals surface area contributed by atoms with Crippen LogP contribution in [0.3, 0.4) is 0 Å². The molecule has 11 nitrogen and oxygen atoms in total. The van der Waals surface area contributed by atoms with E-state index in [0.717, 1.165) is 9.87 Å². The highest BCUT2D eigenvalue weighted by Gasteiger charge is 2.40. The zero-order valence-corrected chi connectivity index (χ0v) is 22.5. The van der Waals surface area contributed by atoms with Crippen LogP contribution in [-0.2, 0) is 26.0 Å². The van der Waals surface area contributed by atoms with Gasteiger partial charge in [-0.2, -0.15) is 4.31 Å². The maximum absolute atomic E-state index is 13.2. The Kier molecular flexibility index (Phi) is 8.88. The van der Waals surface area contributed by atoms with Crippen LogP contribution in [0, 0.1) is 6.92 Å². The minimum Gasteiger partial charge on any atom is -0.480 e. The van der Waals surface area contributed by atoms with Gasteiger partial charge in [-0.05, 0) is 62.4 Å². The monoisotopic (exact) mass is 559 g/mol. The molecule has 0 aliphatic carbocycles. The molecule has 4 rings (SSSR count). The fraction of sp³-hybridized carbons (Fsp3) is 0.444. The predicted octanol–water partition coefficient (Wildman–Crippen LogP) is 1.92. The third-order valence-corrected chi connectivity index (χ3v) is 8.96. The summed E-state index contributed by atoms with van der Waals surface area (Å²) in [5, 5.41) is 21.8. The number of ether oxygens (including phenoxy) is 1. The maximum atomic E-state index is 13.2. The van der Waals surface area contributed by atoms with Gasteiger partial charge in [0.15, 0.2) is 0 Å². The Morgan fingerprint density at radius 1 is 1.00 bits per heavy atom. The second kappa shape index (κ2) is 12.1. The number of carboxylic acids is 1. The first-order valence-corrected chi connectivity index (χ1v) is 14.3. The molecule has 2 atom stereocenters. The molecule has 2 aliphatic rings. The van der Waals surface area contributed by atoms with Crippen molar-refractivity contribution in [2.24, 2.45) is 0 Å². The summed E-state index contributed by atoms with van der Waals surface area (Å²) in [6, 6.07) is 10.4. The van der Waals surface area contributed by atoms with E-state index in [1.807, 2.05) is 6.92 Å². The summed E-state index contributed by atoms with van der Waals surface area (Å²) < 4.78 is 32.9. The van der Waals surface area contributed by atoms with Gasteiger partial charge in [0, 0.05) is 26.1 Å². The number of benzene rings is 2. The Bertz CT molecular complexity index is 1290. The number of aliphatic hydroxyl groups excluding tert-OH is 1. The molecule has 0 aromatic heterocycles. The van der Waals surface area contributed by atoms with Gasteiger partial charge in [0.2, 0.25) is 15.9 Å². The van der Waals surface area contributed by atoms with E-state index in [2.05, 4.69) is 5.32 Å². The molecule has 0 radical (unpaired) electrons. The number of piperidine rings is 1. The van der Waals surface area contributed by atoms with Crippen LogP contribution in [0.1, 0.15) is 36.8 Å². The highest BCUT2D eigenvalue weighted by atomic mass is 32.2. The van der Waals surface area contributed by atoms with Gasteiger partial charge in [-0.1, -0.05) is 29.8 Å². The van der Waals surface area contributed by atoms with Crippen molar-refractivity contribution in [1.29, 1.82) is 0 Å². The van der Waals surface area contributed by atoms with Crippen molar-refractivity contribution in [3.05, 3.63) is 59.7 Å². The zero-order valence-electron chi connectivity index (χ0n) is 21.7. The fourth-order valence-corrected chi connectivity index (χ4v) is 6.40. The molecule has 2 heterocycles. The smallest absolute Gasteiger partial charge is 0.415 e. The van der Waals surface area contributed by atoms with Crippen LogP contribution in [0.2, 0.25) is 0 Å². The number of sulfonamides is 1. The van der Waals surface area contributed by atoms with E-state index in [-0.39, 0.29) is 23.6 Å². The van der Waals surface area contributed by atoms with E-state index in [9.17, 15) is 33.0 Å². The van der Waals surface area contributed by atoms with Gasteiger partial charge in [-0.25, -0.2) is 18.0 Å². The Labute approximate surface area is 227 Å². The zero-order chi connectivity index (χ0) is 28.2. The highest BCUT2D eigenvalue weighted by molar-refractivity contribution is 7.89. The predicted molar refractivity (Wildman–Crippen MR) is 141 cm³/mol. The molecule has 12 heteroatoms. The average Bonchev–Trinajstić information content (AvgIpc) is 3.41. The van der Waals surface area contributed by atoms with Gasteiger partial charge in [0.25, 0.3) is 0 Å². The molecule has 2 saturated heterocycles. The summed E-state index contributed by atoms with van der Waals surface area (Å²) >= 11 is 0. The van der Waals surface area contributed by atoms with Crippen LogP contribution < -0.4 is 10.1 Å². The first-order valence-electron chi connectivity index (χ1n) is 12.9. The van der Waals surface area contributed by atoms with E-state index in [1.54, 1.807) is 36.4 Å². The van der Waals surface area contributed by atoms with Gasteiger partial charge in [0.05, 0.1) is 11.0 Å². The van der Waals surface area contributed by atoms with Gasteiger partial charge < -0.3 is 25.2 Å². The minimum absolute atomic E-state index is 0.0449. The molecular weight excluding hydrogens is 526 g/mol. The number of carbonyl (C=O) groups is 3. The standard InChI is InChI=1S/C27H33N3O8S/c1-18-4-10-22(11-5-18)39(36,37)30-14-2-3-24(30)25(32)28-23(26(33)34)17-19-6-8-21(9-7-19)38-27(35)29-15-12-20(31)13-16-29/h4-11,20,23-24,31H,2-3,12-17H2,1H3,(H,28,32)(H,33,34)/t23-,24-/m0/s1. The van der Waals surface area contributed by atoms with Crippen LogP contribution in [0.5, 0.6) is 5.75 Å². The summed E-state index contributed by atoms with van der Waals surface area (Å²) in [4.78, 5) is 39.0. The number of hydrogen-bond acceptors (Lipinski definition) is 7. The van der Waals surface area contributed by atoms with Crippen molar-refractivity contribution >= 4 is 28.0 Å². The summed E-state index contributed by atoms with van der Waals surface area (Å²) in [5.74, 6) is -1.63. The summed E-state index contributed by atoms with van der Waals surface area (Å²) in [6.07, 6.45) is 0.784. The number of aliphatic hydroxyl groups is 1. The molecule has 39 heavy (non-hydrogen) atoms. The number of nitrogens with zero attached hydrogens (tertiary/aromatic N) is 2. The Balaban J connectivity index is 1.37. The van der Waals surface area contributed by atoms with E-state index in [4.69, 9.17) is 4.74 Å². The molecule has 0 spiro atoms. The van der Waals surface area contributed by atoms with Crippen molar-refractivity contribution in [3.8, 4) is 5.75 Å². The quantitative estimate of drug-likeness (QED) is 0.443. The van der Waals surface area contributed by atoms with E-state index in [0.29, 0.717) is 44.3 Å². The third-order valence-electron chi connectivity index (χ3n) is 7.04. The summed E-state index contributed by atoms with van der Waals surface area (Å²) in [7, 11) is -3.92. The molecule has 2 fully saturated rings. The molecule has 0 bridgehead atoms. The van der Waals surface area contributed by atoms with Crippen LogP contribution in [-0.4, -0.2) is 83.6 Å². The molecule has 0 saturated carbocycles. The Morgan fingerprint density at radius 3 is 2.26 bits per heavy atom. The first-order chi connectivity index (χ1) is 18.5. The van der Waals surface area contributed by atoms with Crippen molar-refractivity contribution in [3.63, 3.8) is 0 Å². The molecule has 0 unspecified atom stereocenters. The van der Waals surface area contributed by atoms with Gasteiger partial charge in [0.1, 0.15) is 17.8 Å². The number of amides is 2. The van der Waals surface area contributed by atoms with Gasteiger partial charge in [-0.15, -0.1) is 0 Å². The van der Waals surface area contributed by atoms with Gasteiger partial charge >= 0.3 is 12.1 Å². The number of carbonyl (C=O) groups excluding carboxylic acids is 2. The van der Waals surface area contributed by atoms with Crippen LogP contribution in [0.25, 0.3) is 0 Å².